The molecule has 1 aliphatic rings. The van der Waals surface area contributed by atoms with Crippen molar-refractivity contribution in [1.82, 2.24) is 0 Å². The zero-order chi connectivity index (χ0) is 7.23. The summed E-state index contributed by atoms with van der Waals surface area (Å²) in [6.45, 7) is 2.29. The number of unbranched alkanes of at least 4 members (excludes halogenated alkanes) is 1. The Kier molecular flexibility index (Phi) is 7.65. The molecule has 1 heteroatoms. The van der Waals surface area contributed by atoms with E-state index in [-0.39, 0.29) is 18.9 Å². The number of hydrogen-bond acceptors (Lipinski definition) is 0. The first-order valence-corrected chi connectivity index (χ1v) is 4.93. The summed E-state index contributed by atoms with van der Waals surface area (Å²) < 4.78 is 0. The summed E-state index contributed by atoms with van der Waals surface area (Å²) in [5.74, 6) is 1.11. The molecule has 11 heavy (non-hydrogen) atoms. The molecule has 0 nitrogen and oxygen atoms in total. The normalized spacial score (nSPS) is 19.4. The molecule has 0 aromatic heterocycles. The van der Waals surface area contributed by atoms with Crippen molar-refractivity contribution < 1.29 is 0 Å². The van der Waals surface area contributed by atoms with E-state index in [0.717, 1.165) is 5.92 Å². The third-order valence-electron chi connectivity index (χ3n) is 2.69. The van der Waals surface area contributed by atoms with E-state index in [0.29, 0.717) is 0 Å². The third kappa shape index (κ3) is 4.94. The Morgan fingerprint density at radius 3 is 2.27 bits per heavy atom. The Balaban J connectivity index is 0.000001000. The summed E-state index contributed by atoms with van der Waals surface area (Å²) in [4.78, 5) is 0. The van der Waals surface area contributed by atoms with Crippen LogP contribution in [0.1, 0.15) is 58.3 Å². The van der Waals surface area contributed by atoms with Gasteiger partial charge in [-0.3, -0.25) is 0 Å². The van der Waals surface area contributed by atoms with Crippen LogP contribution < -0.4 is 0 Å². The van der Waals surface area contributed by atoms with E-state index in [2.05, 4.69) is 6.92 Å². The fourth-order valence-corrected chi connectivity index (χ4v) is 1.97. The predicted molar refractivity (Wildman–Crippen MR) is 53.2 cm³/mol. The fourth-order valence-electron chi connectivity index (χ4n) is 1.97. The van der Waals surface area contributed by atoms with Gasteiger partial charge in [-0.25, -0.2) is 0 Å². The molecule has 0 unspecified atom stereocenters. The van der Waals surface area contributed by atoms with Crippen molar-refractivity contribution >= 4 is 18.9 Å². The zero-order valence-corrected chi connectivity index (χ0v) is 7.23. The van der Waals surface area contributed by atoms with Crippen LogP contribution in [-0.4, -0.2) is 18.9 Å². The molecule has 62 valence electrons. The predicted octanol–water partition coefficient (Wildman–Crippen LogP) is 3.11. The summed E-state index contributed by atoms with van der Waals surface area (Å²) in [6.07, 6.45) is 11.9. The molecule has 1 rings (SSSR count). The molecule has 0 amide bonds. The first-order valence-electron chi connectivity index (χ1n) is 4.93. The van der Waals surface area contributed by atoms with E-state index < -0.39 is 0 Å². The molecule has 0 heterocycles. The van der Waals surface area contributed by atoms with Gasteiger partial charge in [0.2, 0.25) is 0 Å². The molecule has 0 atom stereocenters. The topological polar surface area (TPSA) is 0 Å². The van der Waals surface area contributed by atoms with Crippen LogP contribution in [0.3, 0.4) is 0 Å². The Labute approximate surface area is 83.3 Å². The van der Waals surface area contributed by atoms with Crippen molar-refractivity contribution in [2.75, 3.05) is 0 Å². The van der Waals surface area contributed by atoms with Crippen molar-refractivity contribution in [3.63, 3.8) is 0 Å². The molecule has 0 aliphatic heterocycles. The molecule has 0 aromatic rings. The van der Waals surface area contributed by atoms with Crippen LogP contribution in [0.15, 0.2) is 0 Å². The summed E-state index contributed by atoms with van der Waals surface area (Å²) in [5, 5.41) is 0. The second kappa shape index (κ2) is 7.26. The SMILES string of the molecule is CCCCC1CCCCC1.[LiH]. The van der Waals surface area contributed by atoms with Crippen LogP contribution in [0.5, 0.6) is 0 Å². The molecule has 1 aliphatic carbocycles. The van der Waals surface area contributed by atoms with E-state index in [4.69, 9.17) is 0 Å². The molecule has 0 bridgehead atoms. The van der Waals surface area contributed by atoms with Crippen molar-refractivity contribution in [2.45, 2.75) is 58.3 Å². The van der Waals surface area contributed by atoms with E-state index >= 15 is 0 Å². The van der Waals surface area contributed by atoms with Gasteiger partial charge in [-0.15, -0.1) is 0 Å². The van der Waals surface area contributed by atoms with Crippen molar-refractivity contribution in [3.05, 3.63) is 0 Å². The molecular weight excluding hydrogens is 127 g/mol. The van der Waals surface area contributed by atoms with Gasteiger partial charge in [-0.2, -0.15) is 0 Å². The Morgan fingerprint density at radius 2 is 1.73 bits per heavy atom. The average Bonchev–Trinajstić information content (AvgIpc) is 2.03. The van der Waals surface area contributed by atoms with Gasteiger partial charge in [0.25, 0.3) is 0 Å². The first-order chi connectivity index (χ1) is 4.93. The van der Waals surface area contributed by atoms with Gasteiger partial charge in [0.05, 0.1) is 0 Å². The van der Waals surface area contributed by atoms with Crippen LogP contribution in [0.2, 0.25) is 0 Å². The molecule has 0 aromatic carbocycles. The zero-order valence-electron chi connectivity index (χ0n) is 7.23. The summed E-state index contributed by atoms with van der Waals surface area (Å²) >= 11 is 0. The van der Waals surface area contributed by atoms with Crippen molar-refractivity contribution in [3.8, 4) is 0 Å². The van der Waals surface area contributed by atoms with Gasteiger partial charge in [0.1, 0.15) is 0 Å². The minimum atomic E-state index is 0. The minimum absolute atomic E-state index is 0. The maximum atomic E-state index is 2.29. The van der Waals surface area contributed by atoms with Crippen LogP contribution in [0.4, 0.5) is 0 Å². The van der Waals surface area contributed by atoms with Crippen LogP contribution >= 0.6 is 0 Å². The standard InChI is InChI=1S/C10H20.Li.H/c1-2-3-7-10-8-5-4-6-9-10;;/h10H,2-9H2,1H3;;. The quantitative estimate of drug-likeness (QED) is 0.539. The Hall–Kier alpha value is 0.597. The Morgan fingerprint density at radius 1 is 1.09 bits per heavy atom. The van der Waals surface area contributed by atoms with Crippen molar-refractivity contribution in [1.29, 1.82) is 0 Å². The third-order valence-corrected chi connectivity index (χ3v) is 2.69. The van der Waals surface area contributed by atoms with Crippen LogP contribution in [0, 0.1) is 5.92 Å². The molecule has 1 fully saturated rings. The van der Waals surface area contributed by atoms with Gasteiger partial charge < -0.3 is 0 Å². The molecular formula is C10H21Li. The molecule has 0 saturated heterocycles. The monoisotopic (exact) mass is 148 g/mol. The molecule has 0 N–H and O–H groups in total. The van der Waals surface area contributed by atoms with E-state index in [9.17, 15) is 0 Å². The van der Waals surface area contributed by atoms with Crippen LogP contribution in [0.25, 0.3) is 0 Å². The van der Waals surface area contributed by atoms with Gasteiger partial charge in [0, 0.05) is 0 Å². The summed E-state index contributed by atoms with van der Waals surface area (Å²) in [6, 6.07) is 0. The first kappa shape index (κ1) is 11.6. The second-order valence-electron chi connectivity index (χ2n) is 3.65. The van der Waals surface area contributed by atoms with E-state index in [1.54, 1.807) is 0 Å². The average molecular weight is 148 g/mol. The summed E-state index contributed by atoms with van der Waals surface area (Å²) in [7, 11) is 0. The van der Waals surface area contributed by atoms with E-state index in [1.165, 1.54) is 51.4 Å². The van der Waals surface area contributed by atoms with Gasteiger partial charge in [-0.05, 0) is 5.92 Å². The second-order valence-corrected chi connectivity index (χ2v) is 3.65. The maximum absolute atomic E-state index is 2.29. The van der Waals surface area contributed by atoms with Gasteiger partial charge >= 0.3 is 18.9 Å². The molecule has 0 spiro atoms. The fraction of sp³-hybridized carbons (Fsp3) is 1.00. The molecule has 1 saturated carbocycles. The Bertz CT molecular complexity index is 74.9. The van der Waals surface area contributed by atoms with Crippen LogP contribution in [-0.2, 0) is 0 Å². The number of hydrogen-bond donors (Lipinski definition) is 0. The van der Waals surface area contributed by atoms with Gasteiger partial charge in [-0.1, -0.05) is 58.3 Å². The molecule has 0 radical (unpaired) electrons. The van der Waals surface area contributed by atoms with E-state index in [1.807, 2.05) is 0 Å². The number of rotatable bonds is 3. The summed E-state index contributed by atoms with van der Waals surface area (Å²) in [5.41, 5.74) is 0. The van der Waals surface area contributed by atoms with Crippen molar-refractivity contribution in [2.24, 2.45) is 5.92 Å². The van der Waals surface area contributed by atoms with Gasteiger partial charge in [0.15, 0.2) is 0 Å².